The second-order valence-electron chi connectivity index (χ2n) is 6.01. The van der Waals surface area contributed by atoms with E-state index in [1.54, 1.807) is 5.38 Å². The Morgan fingerprint density at radius 1 is 1.29 bits per heavy atom. The van der Waals surface area contributed by atoms with Crippen LogP contribution in [0, 0.1) is 5.82 Å². The zero-order valence-corrected chi connectivity index (χ0v) is 14.9. The first-order valence-electron chi connectivity index (χ1n) is 7.82. The van der Waals surface area contributed by atoms with Gasteiger partial charge in [0.05, 0.1) is 0 Å². The van der Waals surface area contributed by atoms with E-state index in [0.29, 0.717) is 18.8 Å². The molecule has 1 fully saturated rings. The molecule has 1 amide bonds. The Morgan fingerprint density at radius 3 is 2.54 bits per heavy atom. The lowest BCUT2D eigenvalue weighted by atomic mass is 9.79. The van der Waals surface area contributed by atoms with Crippen LogP contribution < -0.4 is 11.1 Å². The van der Waals surface area contributed by atoms with E-state index in [4.69, 9.17) is 5.73 Å². The number of nitrogens with one attached hydrogen (secondary N) is 1. The van der Waals surface area contributed by atoms with Gasteiger partial charge in [0.15, 0.2) is 0 Å². The van der Waals surface area contributed by atoms with Gasteiger partial charge in [0.25, 0.3) is 5.91 Å². The molecule has 3 rings (SSSR count). The number of aromatic nitrogens is 1. The van der Waals surface area contributed by atoms with Gasteiger partial charge in [-0.3, -0.25) is 4.79 Å². The number of halogens is 2. The molecule has 0 saturated heterocycles. The summed E-state index contributed by atoms with van der Waals surface area (Å²) in [6, 6.07) is 6.65. The van der Waals surface area contributed by atoms with Gasteiger partial charge in [-0.05, 0) is 30.5 Å². The molecule has 1 aliphatic carbocycles. The van der Waals surface area contributed by atoms with E-state index in [2.05, 4.69) is 10.3 Å². The van der Waals surface area contributed by atoms with Gasteiger partial charge in [-0.25, -0.2) is 9.37 Å². The summed E-state index contributed by atoms with van der Waals surface area (Å²) in [5.41, 5.74) is 6.94. The normalized spacial score (nSPS) is 15.8. The summed E-state index contributed by atoms with van der Waals surface area (Å²) in [5.74, 6) is -0.406. The van der Waals surface area contributed by atoms with Crippen molar-refractivity contribution in [2.24, 2.45) is 5.73 Å². The van der Waals surface area contributed by atoms with E-state index >= 15 is 0 Å². The van der Waals surface area contributed by atoms with Crippen LogP contribution in [0.3, 0.4) is 0 Å². The van der Waals surface area contributed by atoms with E-state index < -0.39 is 0 Å². The number of benzene rings is 1. The molecule has 0 unspecified atom stereocenters. The highest BCUT2D eigenvalue weighted by molar-refractivity contribution is 7.09. The molecule has 1 aromatic carbocycles. The van der Waals surface area contributed by atoms with Crippen molar-refractivity contribution in [1.29, 1.82) is 0 Å². The number of carbonyl (C=O) groups excluding carboxylic acids is 1. The minimum Gasteiger partial charge on any atom is -0.350 e. The number of nitrogens with two attached hydrogens (primary N) is 1. The Morgan fingerprint density at radius 2 is 1.96 bits per heavy atom. The number of amides is 1. The smallest absolute Gasteiger partial charge is 0.270 e. The van der Waals surface area contributed by atoms with Crippen LogP contribution in [0.15, 0.2) is 29.6 Å². The summed E-state index contributed by atoms with van der Waals surface area (Å²) in [6.07, 6.45) is 4.26. The SMILES string of the molecule is Cl.NCc1nc(C(=O)NCC2(c3ccc(F)cc3)CCCC2)cs1. The quantitative estimate of drug-likeness (QED) is 0.848. The first-order valence-corrected chi connectivity index (χ1v) is 8.70. The lowest BCUT2D eigenvalue weighted by Crippen LogP contribution is -2.39. The average molecular weight is 370 g/mol. The third kappa shape index (κ3) is 3.94. The fourth-order valence-electron chi connectivity index (χ4n) is 3.27. The first kappa shape index (κ1) is 18.8. The van der Waals surface area contributed by atoms with Crippen LogP contribution in [0.5, 0.6) is 0 Å². The topological polar surface area (TPSA) is 68.0 Å². The zero-order valence-electron chi connectivity index (χ0n) is 13.3. The fourth-order valence-corrected chi connectivity index (χ4v) is 3.93. The maximum absolute atomic E-state index is 13.2. The Kier molecular flexibility index (Phi) is 6.32. The van der Waals surface area contributed by atoms with E-state index in [0.717, 1.165) is 36.3 Å². The third-order valence-electron chi connectivity index (χ3n) is 4.56. The fraction of sp³-hybridized carbons (Fsp3) is 0.412. The predicted octanol–water partition coefficient (Wildman–Crippen LogP) is 3.40. The van der Waals surface area contributed by atoms with E-state index in [9.17, 15) is 9.18 Å². The summed E-state index contributed by atoms with van der Waals surface area (Å²) in [5, 5.41) is 5.49. The molecule has 2 aromatic rings. The van der Waals surface area contributed by atoms with Crippen molar-refractivity contribution in [1.82, 2.24) is 10.3 Å². The second-order valence-corrected chi connectivity index (χ2v) is 6.95. The maximum Gasteiger partial charge on any atom is 0.270 e. The summed E-state index contributed by atoms with van der Waals surface area (Å²) in [6.45, 7) is 0.893. The van der Waals surface area contributed by atoms with Gasteiger partial charge in [0.1, 0.15) is 16.5 Å². The number of hydrogen-bond donors (Lipinski definition) is 2. The van der Waals surface area contributed by atoms with Crippen molar-refractivity contribution in [3.63, 3.8) is 0 Å². The number of carbonyl (C=O) groups is 1. The van der Waals surface area contributed by atoms with Gasteiger partial charge in [-0.1, -0.05) is 25.0 Å². The molecular weight excluding hydrogens is 349 g/mol. The molecule has 1 heterocycles. The number of nitrogens with zero attached hydrogens (tertiary/aromatic N) is 1. The number of hydrogen-bond acceptors (Lipinski definition) is 4. The Bertz CT molecular complexity index is 683. The largest absolute Gasteiger partial charge is 0.350 e. The molecule has 0 atom stereocenters. The molecule has 3 N–H and O–H groups in total. The Hall–Kier alpha value is -1.50. The highest BCUT2D eigenvalue weighted by Crippen LogP contribution is 2.40. The molecule has 4 nitrogen and oxygen atoms in total. The summed E-state index contributed by atoms with van der Waals surface area (Å²) < 4.78 is 13.2. The van der Waals surface area contributed by atoms with E-state index in [-0.39, 0.29) is 29.5 Å². The predicted molar refractivity (Wildman–Crippen MR) is 96.1 cm³/mol. The van der Waals surface area contributed by atoms with Crippen molar-refractivity contribution in [3.8, 4) is 0 Å². The Balaban J connectivity index is 0.00000208. The Labute approximate surface area is 151 Å². The van der Waals surface area contributed by atoms with Crippen LogP contribution in [0.2, 0.25) is 0 Å². The van der Waals surface area contributed by atoms with Crippen molar-refractivity contribution < 1.29 is 9.18 Å². The van der Waals surface area contributed by atoms with Gasteiger partial charge < -0.3 is 11.1 Å². The van der Waals surface area contributed by atoms with Crippen LogP contribution >= 0.6 is 23.7 Å². The molecule has 1 aromatic heterocycles. The van der Waals surface area contributed by atoms with Crippen molar-refractivity contribution in [3.05, 3.63) is 51.7 Å². The standard InChI is InChI=1S/C17H20FN3OS.ClH/c18-13-5-3-12(4-6-13)17(7-1-2-8-17)11-20-16(22)14-10-23-15(9-19)21-14;/h3-6,10H,1-2,7-9,11,19H2,(H,20,22);1H. The molecular formula is C17H21ClFN3OS. The van der Waals surface area contributed by atoms with Crippen molar-refractivity contribution in [2.45, 2.75) is 37.6 Å². The summed E-state index contributed by atoms with van der Waals surface area (Å²) in [7, 11) is 0. The third-order valence-corrected chi connectivity index (χ3v) is 5.43. The highest BCUT2D eigenvalue weighted by atomic mass is 35.5. The number of rotatable bonds is 5. The molecule has 130 valence electrons. The minimum atomic E-state index is -0.234. The molecule has 0 bridgehead atoms. The molecule has 0 aliphatic heterocycles. The van der Waals surface area contributed by atoms with Crippen LogP contribution in [0.25, 0.3) is 0 Å². The van der Waals surface area contributed by atoms with Crippen LogP contribution in [-0.4, -0.2) is 17.4 Å². The molecule has 1 saturated carbocycles. The maximum atomic E-state index is 13.2. The molecule has 24 heavy (non-hydrogen) atoms. The lowest BCUT2D eigenvalue weighted by molar-refractivity contribution is 0.0938. The zero-order chi connectivity index (χ0) is 16.3. The summed E-state index contributed by atoms with van der Waals surface area (Å²) in [4.78, 5) is 16.5. The molecule has 7 heteroatoms. The monoisotopic (exact) mass is 369 g/mol. The number of thiazole rings is 1. The van der Waals surface area contributed by atoms with E-state index in [1.165, 1.54) is 23.5 Å². The first-order chi connectivity index (χ1) is 11.1. The molecule has 0 spiro atoms. The molecule has 1 aliphatic rings. The van der Waals surface area contributed by atoms with E-state index in [1.807, 2.05) is 12.1 Å². The van der Waals surface area contributed by atoms with Gasteiger partial charge in [0.2, 0.25) is 0 Å². The molecule has 0 radical (unpaired) electrons. The van der Waals surface area contributed by atoms with Gasteiger partial charge in [-0.2, -0.15) is 0 Å². The average Bonchev–Trinajstić information content (AvgIpc) is 3.23. The van der Waals surface area contributed by atoms with Crippen molar-refractivity contribution in [2.75, 3.05) is 6.54 Å². The van der Waals surface area contributed by atoms with Gasteiger partial charge in [-0.15, -0.1) is 23.7 Å². The summed E-state index contributed by atoms with van der Waals surface area (Å²) >= 11 is 1.39. The minimum absolute atomic E-state index is 0. The van der Waals surface area contributed by atoms with Crippen LogP contribution in [0.4, 0.5) is 4.39 Å². The lowest BCUT2D eigenvalue weighted by Gasteiger charge is -2.30. The van der Waals surface area contributed by atoms with Gasteiger partial charge in [0, 0.05) is 23.9 Å². The highest BCUT2D eigenvalue weighted by Gasteiger charge is 2.36. The van der Waals surface area contributed by atoms with Gasteiger partial charge >= 0.3 is 0 Å². The van der Waals surface area contributed by atoms with Crippen molar-refractivity contribution >= 4 is 29.7 Å². The van der Waals surface area contributed by atoms with Crippen LogP contribution in [-0.2, 0) is 12.0 Å². The van der Waals surface area contributed by atoms with Crippen LogP contribution in [0.1, 0.15) is 46.7 Å². The second kappa shape index (κ2) is 8.05.